The van der Waals surface area contributed by atoms with Gasteiger partial charge in [0.25, 0.3) is 5.69 Å². The van der Waals surface area contributed by atoms with Gasteiger partial charge in [0.15, 0.2) is 0 Å². The zero-order chi connectivity index (χ0) is 14.6. The lowest BCUT2D eigenvalue weighted by Gasteiger charge is -2.12. The van der Waals surface area contributed by atoms with Crippen LogP contribution < -0.4 is 9.88 Å². The molecule has 0 bridgehead atoms. The Balaban J connectivity index is 3.35. The van der Waals surface area contributed by atoms with E-state index in [1.54, 1.807) is 6.08 Å². The lowest BCUT2D eigenvalue weighted by molar-refractivity contribution is -0.385. The van der Waals surface area contributed by atoms with Gasteiger partial charge in [-0.15, -0.1) is 6.58 Å². The van der Waals surface area contributed by atoms with Crippen LogP contribution in [0.3, 0.4) is 0 Å². The van der Waals surface area contributed by atoms with Gasteiger partial charge in [-0.2, -0.15) is 0 Å². The molecule has 1 aromatic rings. The van der Waals surface area contributed by atoms with E-state index >= 15 is 0 Å². The van der Waals surface area contributed by atoms with E-state index in [2.05, 4.69) is 6.58 Å². The van der Waals surface area contributed by atoms with Gasteiger partial charge in [-0.3, -0.25) is 10.1 Å². The van der Waals surface area contributed by atoms with Gasteiger partial charge in [0.2, 0.25) is 10.0 Å². The van der Waals surface area contributed by atoms with Crippen LogP contribution in [0.5, 0.6) is 5.75 Å². The number of nitro groups is 1. The molecular weight excluding hydrogens is 272 g/mol. The maximum atomic E-state index is 11.5. The molecule has 0 unspecified atom stereocenters. The molecule has 0 fully saturated rings. The molecule has 0 saturated carbocycles. The molecule has 0 aliphatic heterocycles. The first kappa shape index (κ1) is 15.1. The van der Waals surface area contributed by atoms with Gasteiger partial charge < -0.3 is 4.74 Å². The van der Waals surface area contributed by atoms with Crippen LogP contribution >= 0.6 is 0 Å². The predicted molar refractivity (Wildman–Crippen MR) is 69.5 cm³/mol. The smallest absolute Gasteiger partial charge is 0.271 e. The molecule has 0 aliphatic carbocycles. The number of nitro benzene ring substituents is 1. The number of non-ortho nitro benzene ring substituents is 1. The summed E-state index contributed by atoms with van der Waals surface area (Å²) >= 11 is 0. The van der Waals surface area contributed by atoms with Crippen molar-refractivity contribution in [3.63, 3.8) is 0 Å². The molecule has 0 radical (unpaired) electrons. The molecule has 19 heavy (non-hydrogen) atoms. The zero-order valence-electron chi connectivity index (χ0n) is 10.3. The van der Waals surface area contributed by atoms with Gasteiger partial charge >= 0.3 is 0 Å². The summed E-state index contributed by atoms with van der Waals surface area (Å²) in [5.41, 5.74) is -0.0140. The van der Waals surface area contributed by atoms with Gasteiger partial charge in [-0.25, -0.2) is 13.6 Å². The summed E-state index contributed by atoms with van der Waals surface area (Å²) in [6.07, 6.45) is 2.12. The number of hydrogen-bond acceptors (Lipinski definition) is 5. The molecule has 2 N–H and O–H groups in total. The van der Waals surface area contributed by atoms with E-state index < -0.39 is 14.9 Å². The first-order valence-electron chi connectivity index (χ1n) is 5.33. The van der Waals surface area contributed by atoms with Crippen LogP contribution in [0, 0.1) is 17.0 Å². The highest BCUT2D eigenvalue weighted by atomic mass is 32.2. The fourth-order valence-electron chi connectivity index (χ4n) is 1.47. The lowest BCUT2D eigenvalue weighted by atomic mass is 10.2. The van der Waals surface area contributed by atoms with Crippen molar-refractivity contribution in [1.82, 2.24) is 0 Å². The maximum absolute atomic E-state index is 11.5. The molecule has 1 rings (SSSR count). The van der Waals surface area contributed by atoms with Crippen molar-refractivity contribution < 1.29 is 18.1 Å². The molecule has 0 aromatic heterocycles. The normalized spacial score (nSPS) is 11.1. The summed E-state index contributed by atoms with van der Waals surface area (Å²) in [4.78, 5) is 9.65. The summed E-state index contributed by atoms with van der Waals surface area (Å²) in [6.45, 7) is 5.24. The van der Waals surface area contributed by atoms with Gasteiger partial charge in [0.1, 0.15) is 10.6 Å². The highest BCUT2D eigenvalue weighted by molar-refractivity contribution is 7.89. The lowest BCUT2D eigenvalue weighted by Crippen LogP contribution is -2.15. The number of benzene rings is 1. The van der Waals surface area contributed by atoms with Crippen molar-refractivity contribution in [1.29, 1.82) is 0 Å². The van der Waals surface area contributed by atoms with Crippen LogP contribution in [0.4, 0.5) is 5.69 Å². The molecular formula is C11H14N2O5S. The number of rotatable bonds is 6. The number of nitrogens with two attached hydrogens (primary N) is 1. The Kier molecular flexibility index (Phi) is 4.62. The van der Waals surface area contributed by atoms with E-state index in [1.165, 1.54) is 13.0 Å². The topological polar surface area (TPSA) is 113 Å². The predicted octanol–water partition coefficient (Wildman–Crippen LogP) is 1.51. The molecule has 104 valence electrons. The highest BCUT2D eigenvalue weighted by Crippen LogP contribution is 2.31. The molecule has 0 spiro atoms. The summed E-state index contributed by atoms with van der Waals surface area (Å²) in [5, 5.41) is 15.8. The quantitative estimate of drug-likeness (QED) is 0.368. The minimum absolute atomic E-state index is 0.0370. The van der Waals surface area contributed by atoms with Crippen molar-refractivity contribution in [3.8, 4) is 5.75 Å². The average molecular weight is 286 g/mol. The Hall–Kier alpha value is -1.93. The van der Waals surface area contributed by atoms with Crippen LogP contribution in [-0.4, -0.2) is 19.9 Å². The van der Waals surface area contributed by atoms with E-state index in [-0.39, 0.29) is 22.9 Å². The standard InChI is InChI=1S/C11H14N2O5S/c1-3-4-5-18-11-8(2)6-9(13(14)15)7-10(11)19(12,16)17/h3,6-7H,1,4-5H2,2H3,(H2,12,16,17). The highest BCUT2D eigenvalue weighted by Gasteiger charge is 2.22. The second-order valence-electron chi connectivity index (χ2n) is 3.82. The third kappa shape index (κ3) is 3.76. The number of primary sulfonamides is 1. The van der Waals surface area contributed by atoms with Gasteiger partial charge in [0.05, 0.1) is 11.5 Å². The van der Waals surface area contributed by atoms with E-state index in [1.807, 2.05) is 0 Å². The van der Waals surface area contributed by atoms with Crippen LogP contribution in [0.1, 0.15) is 12.0 Å². The molecule has 8 heteroatoms. The summed E-state index contributed by atoms with van der Waals surface area (Å²) in [5.74, 6) is 0.0370. The Morgan fingerprint density at radius 1 is 1.53 bits per heavy atom. The van der Waals surface area contributed by atoms with Gasteiger partial charge in [-0.1, -0.05) is 6.08 Å². The van der Waals surface area contributed by atoms with Crippen LogP contribution in [0.2, 0.25) is 0 Å². The minimum atomic E-state index is -4.10. The number of sulfonamides is 1. The van der Waals surface area contributed by atoms with E-state index in [0.29, 0.717) is 12.0 Å². The summed E-state index contributed by atoms with van der Waals surface area (Å²) in [6, 6.07) is 2.13. The third-order valence-corrected chi connectivity index (χ3v) is 3.23. The molecule has 0 atom stereocenters. The SMILES string of the molecule is C=CCCOc1c(C)cc([N+](=O)[O-])cc1S(N)(=O)=O. The molecule has 7 nitrogen and oxygen atoms in total. The van der Waals surface area contributed by atoms with Crippen molar-refractivity contribution in [2.24, 2.45) is 5.14 Å². The molecule has 1 aromatic carbocycles. The second-order valence-corrected chi connectivity index (χ2v) is 5.35. The fraction of sp³-hybridized carbons (Fsp3) is 0.273. The molecule has 0 heterocycles. The monoisotopic (exact) mass is 286 g/mol. The van der Waals surface area contributed by atoms with E-state index in [0.717, 1.165) is 6.07 Å². The maximum Gasteiger partial charge on any atom is 0.271 e. The van der Waals surface area contributed by atoms with Crippen molar-refractivity contribution in [2.75, 3.05) is 6.61 Å². The van der Waals surface area contributed by atoms with Gasteiger partial charge in [-0.05, 0) is 18.9 Å². The van der Waals surface area contributed by atoms with Crippen LogP contribution in [0.25, 0.3) is 0 Å². The number of aryl methyl sites for hydroxylation is 1. The molecule has 0 saturated heterocycles. The number of nitrogens with zero attached hydrogens (tertiary/aromatic N) is 1. The Morgan fingerprint density at radius 2 is 2.16 bits per heavy atom. The molecule has 0 aliphatic rings. The van der Waals surface area contributed by atoms with E-state index in [4.69, 9.17) is 9.88 Å². The first-order valence-corrected chi connectivity index (χ1v) is 6.87. The van der Waals surface area contributed by atoms with Gasteiger partial charge in [0, 0.05) is 12.1 Å². The summed E-state index contributed by atoms with van der Waals surface area (Å²) in [7, 11) is -4.10. The van der Waals surface area contributed by atoms with Crippen molar-refractivity contribution >= 4 is 15.7 Å². The third-order valence-electron chi connectivity index (χ3n) is 2.31. The Labute approximate surface area is 110 Å². The molecule has 0 amide bonds. The minimum Gasteiger partial charge on any atom is -0.492 e. The second kappa shape index (κ2) is 5.81. The Bertz CT molecular complexity index is 610. The zero-order valence-corrected chi connectivity index (χ0v) is 11.1. The van der Waals surface area contributed by atoms with Crippen LogP contribution in [0.15, 0.2) is 29.7 Å². The van der Waals surface area contributed by atoms with Crippen LogP contribution in [-0.2, 0) is 10.0 Å². The Morgan fingerprint density at radius 3 is 2.63 bits per heavy atom. The van der Waals surface area contributed by atoms with E-state index in [9.17, 15) is 18.5 Å². The average Bonchev–Trinajstić information content (AvgIpc) is 2.29. The fourth-order valence-corrected chi connectivity index (χ4v) is 2.23. The largest absolute Gasteiger partial charge is 0.492 e. The summed E-state index contributed by atoms with van der Waals surface area (Å²) < 4.78 is 28.3. The number of hydrogen-bond donors (Lipinski definition) is 1. The first-order chi connectivity index (χ1) is 8.77. The number of ether oxygens (including phenoxy) is 1. The van der Waals surface area contributed by atoms with Crippen molar-refractivity contribution in [3.05, 3.63) is 40.5 Å². The van der Waals surface area contributed by atoms with Crippen molar-refractivity contribution in [2.45, 2.75) is 18.2 Å².